The van der Waals surface area contributed by atoms with Crippen molar-refractivity contribution in [3.8, 4) is 22.9 Å². The van der Waals surface area contributed by atoms with E-state index >= 15 is 4.39 Å². The van der Waals surface area contributed by atoms with Crippen LogP contribution in [0.5, 0.6) is 11.8 Å². The van der Waals surface area contributed by atoms with Crippen LogP contribution in [0.1, 0.15) is 37.7 Å². The smallest absolute Gasteiger partial charge is 0.321 e. The summed E-state index contributed by atoms with van der Waals surface area (Å²) in [5, 5.41) is 0. The van der Waals surface area contributed by atoms with E-state index in [1.54, 1.807) is 24.5 Å². The molecule has 1 aliphatic rings. The SMILES string of the molecule is Nc1ncc(-c2ccc(CC3CCCCC3)c(Oc3ncccn3)c2F)cn1. The molecule has 1 aliphatic carbocycles. The molecule has 3 aromatic rings. The second-order valence-electron chi connectivity index (χ2n) is 7.09. The molecule has 1 aromatic carbocycles. The van der Waals surface area contributed by atoms with Gasteiger partial charge in [-0.25, -0.2) is 24.3 Å². The summed E-state index contributed by atoms with van der Waals surface area (Å²) in [5.41, 5.74) is 7.27. The summed E-state index contributed by atoms with van der Waals surface area (Å²) in [7, 11) is 0. The molecule has 6 nitrogen and oxygen atoms in total. The van der Waals surface area contributed by atoms with Gasteiger partial charge in [-0.2, -0.15) is 0 Å². The van der Waals surface area contributed by atoms with Crippen LogP contribution in [-0.2, 0) is 6.42 Å². The third-order valence-corrected chi connectivity index (χ3v) is 5.13. The summed E-state index contributed by atoms with van der Waals surface area (Å²) in [4.78, 5) is 16.1. The number of hydrogen-bond acceptors (Lipinski definition) is 6. The van der Waals surface area contributed by atoms with Gasteiger partial charge in [0, 0.05) is 35.9 Å². The fraction of sp³-hybridized carbons (Fsp3) is 0.333. The molecule has 0 unspecified atom stereocenters. The van der Waals surface area contributed by atoms with Crippen molar-refractivity contribution in [3.63, 3.8) is 0 Å². The van der Waals surface area contributed by atoms with E-state index in [-0.39, 0.29) is 17.7 Å². The molecule has 0 amide bonds. The van der Waals surface area contributed by atoms with Crippen molar-refractivity contribution in [1.29, 1.82) is 0 Å². The van der Waals surface area contributed by atoms with Crippen LogP contribution in [0.15, 0.2) is 43.0 Å². The normalized spacial score (nSPS) is 14.8. The summed E-state index contributed by atoms with van der Waals surface area (Å²) in [6, 6.07) is 5.48. The summed E-state index contributed by atoms with van der Waals surface area (Å²) in [6.45, 7) is 0. The topological polar surface area (TPSA) is 86.8 Å². The molecule has 0 aliphatic heterocycles. The van der Waals surface area contributed by atoms with Crippen LogP contribution >= 0.6 is 0 Å². The van der Waals surface area contributed by atoms with Crippen molar-refractivity contribution in [2.24, 2.45) is 5.92 Å². The van der Waals surface area contributed by atoms with Gasteiger partial charge in [0.2, 0.25) is 5.95 Å². The Morgan fingerprint density at radius 3 is 2.43 bits per heavy atom. The molecule has 7 heteroatoms. The first kappa shape index (κ1) is 18.3. The standard InChI is InChI=1S/C21H22FN5O/c22-18-17(16-12-26-20(23)27-13-16)8-7-15(11-14-5-2-1-3-6-14)19(18)28-21-24-9-4-10-25-21/h4,7-10,12-14H,1-3,5-6,11H2,(H2,23,26,27). The van der Waals surface area contributed by atoms with Crippen LogP contribution in [-0.4, -0.2) is 19.9 Å². The number of halogens is 1. The highest BCUT2D eigenvalue weighted by atomic mass is 19.1. The third-order valence-electron chi connectivity index (χ3n) is 5.13. The lowest BCUT2D eigenvalue weighted by Crippen LogP contribution is -2.11. The molecular weight excluding hydrogens is 357 g/mol. The second kappa shape index (κ2) is 8.29. The van der Waals surface area contributed by atoms with Crippen molar-refractivity contribution < 1.29 is 9.13 Å². The Bertz CT molecular complexity index is 928. The molecule has 4 rings (SSSR count). The van der Waals surface area contributed by atoms with Crippen LogP contribution in [0.2, 0.25) is 0 Å². The van der Waals surface area contributed by atoms with E-state index in [4.69, 9.17) is 10.5 Å². The van der Waals surface area contributed by atoms with E-state index in [0.29, 0.717) is 17.0 Å². The second-order valence-corrected chi connectivity index (χ2v) is 7.09. The maximum Gasteiger partial charge on any atom is 0.321 e. The summed E-state index contributed by atoms with van der Waals surface area (Å²) < 4.78 is 21.3. The molecule has 144 valence electrons. The minimum absolute atomic E-state index is 0.122. The van der Waals surface area contributed by atoms with Gasteiger partial charge in [0.15, 0.2) is 11.6 Å². The van der Waals surface area contributed by atoms with Gasteiger partial charge in [-0.15, -0.1) is 0 Å². The molecule has 0 radical (unpaired) electrons. The molecular formula is C21H22FN5O. The Labute approximate surface area is 163 Å². The van der Waals surface area contributed by atoms with Gasteiger partial charge in [0.25, 0.3) is 0 Å². The van der Waals surface area contributed by atoms with Crippen molar-refractivity contribution in [3.05, 3.63) is 54.4 Å². The number of benzene rings is 1. The average Bonchev–Trinajstić information content (AvgIpc) is 2.73. The molecule has 1 saturated carbocycles. The number of aromatic nitrogens is 4. The zero-order valence-electron chi connectivity index (χ0n) is 15.5. The van der Waals surface area contributed by atoms with Crippen molar-refractivity contribution >= 4 is 5.95 Å². The molecule has 0 bridgehead atoms. The molecule has 28 heavy (non-hydrogen) atoms. The Balaban J connectivity index is 1.72. The van der Waals surface area contributed by atoms with Gasteiger partial charge < -0.3 is 10.5 Å². The van der Waals surface area contributed by atoms with Crippen LogP contribution in [0.4, 0.5) is 10.3 Å². The van der Waals surface area contributed by atoms with Gasteiger partial charge in [-0.3, -0.25) is 0 Å². The molecule has 0 spiro atoms. The predicted molar refractivity (Wildman–Crippen MR) is 104 cm³/mol. The molecule has 2 aromatic heterocycles. The summed E-state index contributed by atoms with van der Waals surface area (Å²) in [5.74, 6) is 0.394. The highest BCUT2D eigenvalue weighted by molar-refractivity contribution is 5.66. The first-order valence-electron chi connectivity index (χ1n) is 9.55. The van der Waals surface area contributed by atoms with E-state index in [1.807, 2.05) is 6.07 Å². The maximum absolute atomic E-state index is 15.5. The zero-order chi connectivity index (χ0) is 19.3. The molecule has 0 saturated heterocycles. The lowest BCUT2D eigenvalue weighted by molar-refractivity contribution is 0.347. The molecule has 0 atom stereocenters. The van der Waals surface area contributed by atoms with Gasteiger partial charge in [0.1, 0.15) is 0 Å². The number of nitrogens with two attached hydrogens (primary N) is 1. The number of nitrogens with zero attached hydrogens (tertiary/aromatic N) is 4. The van der Waals surface area contributed by atoms with Crippen molar-refractivity contribution in [1.82, 2.24) is 19.9 Å². The monoisotopic (exact) mass is 379 g/mol. The van der Waals surface area contributed by atoms with E-state index in [1.165, 1.54) is 31.7 Å². The Morgan fingerprint density at radius 1 is 1.00 bits per heavy atom. The third kappa shape index (κ3) is 4.08. The number of rotatable bonds is 5. The number of anilines is 1. The number of ether oxygens (including phenoxy) is 1. The highest BCUT2D eigenvalue weighted by Crippen LogP contribution is 2.37. The van der Waals surface area contributed by atoms with Crippen LogP contribution in [0.3, 0.4) is 0 Å². The van der Waals surface area contributed by atoms with Crippen LogP contribution in [0.25, 0.3) is 11.1 Å². The van der Waals surface area contributed by atoms with E-state index in [0.717, 1.165) is 24.8 Å². The van der Waals surface area contributed by atoms with Gasteiger partial charge in [0.05, 0.1) is 0 Å². The average molecular weight is 379 g/mol. The summed E-state index contributed by atoms with van der Waals surface area (Å²) >= 11 is 0. The zero-order valence-corrected chi connectivity index (χ0v) is 15.5. The van der Waals surface area contributed by atoms with Crippen LogP contribution < -0.4 is 10.5 Å². The Kier molecular flexibility index (Phi) is 5.41. The van der Waals surface area contributed by atoms with E-state index in [2.05, 4.69) is 19.9 Å². The molecule has 1 fully saturated rings. The van der Waals surface area contributed by atoms with Crippen molar-refractivity contribution in [2.75, 3.05) is 5.73 Å². The number of nitrogen functional groups attached to an aromatic ring is 1. The minimum Gasteiger partial charge on any atom is -0.421 e. The van der Waals surface area contributed by atoms with Crippen LogP contribution in [0, 0.1) is 11.7 Å². The van der Waals surface area contributed by atoms with E-state index < -0.39 is 5.82 Å². The largest absolute Gasteiger partial charge is 0.421 e. The Hall–Kier alpha value is -3.09. The quantitative estimate of drug-likeness (QED) is 0.699. The first-order valence-corrected chi connectivity index (χ1v) is 9.55. The van der Waals surface area contributed by atoms with Gasteiger partial charge in [-0.05, 0) is 24.0 Å². The lowest BCUT2D eigenvalue weighted by Gasteiger charge is -2.23. The minimum atomic E-state index is -0.464. The van der Waals surface area contributed by atoms with Gasteiger partial charge >= 0.3 is 6.01 Å². The highest BCUT2D eigenvalue weighted by Gasteiger charge is 2.22. The first-order chi connectivity index (χ1) is 13.7. The maximum atomic E-state index is 15.5. The fourth-order valence-corrected chi connectivity index (χ4v) is 3.70. The molecule has 2 heterocycles. The Morgan fingerprint density at radius 2 is 1.71 bits per heavy atom. The van der Waals surface area contributed by atoms with Crippen molar-refractivity contribution in [2.45, 2.75) is 38.5 Å². The summed E-state index contributed by atoms with van der Waals surface area (Å²) in [6.07, 6.45) is 13.0. The van der Waals surface area contributed by atoms with Gasteiger partial charge in [-0.1, -0.05) is 44.2 Å². The number of hydrogen-bond donors (Lipinski definition) is 1. The predicted octanol–water partition coefficient (Wildman–Crippen LogP) is 4.57. The molecule has 2 N–H and O–H groups in total. The van der Waals surface area contributed by atoms with E-state index in [9.17, 15) is 0 Å². The lowest BCUT2D eigenvalue weighted by atomic mass is 9.84. The fourth-order valence-electron chi connectivity index (χ4n) is 3.70.